The molecule has 164 valence electrons. The molecule has 1 unspecified atom stereocenters. The largest absolute Gasteiger partial charge is 0.389 e. The molecule has 0 aromatic heterocycles. The Balaban J connectivity index is 2.45. The Morgan fingerprint density at radius 3 is 2.69 bits per heavy atom. The first-order valence-electron chi connectivity index (χ1n) is 11.3. The predicted octanol–water partition coefficient (Wildman–Crippen LogP) is 5.09. The molecule has 3 atom stereocenters. The van der Waals surface area contributed by atoms with Crippen LogP contribution in [0.5, 0.6) is 0 Å². The van der Waals surface area contributed by atoms with Gasteiger partial charge in [-0.2, -0.15) is 0 Å². The van der Waals surface area contributed by atoms with Gasteiger partial charge in [-0.3, -0.25) is 9.59 Å². The van der Waals surface area contributed by atoms with E-state index in [4.69, 9.17) is 5.11 Å². The van der Waals surface area contributed by atoms with Crippen LogP contribution in [-0.4, -0.2) is 34.0 Å². The second kappa shape index (κ2) is 14.5. The third-order valence-corrected chi connectivity index (χ3v) is 5.91. The lowest BCUT2D eigenvalue weighted by Crippen LogP contribution is -2.24. The second-order valence-corrected chi connectivity index (χ2v) is 8.32. The predicted molar refractivity (Wildman–Crippen MR) is 119 cm³/mol. The molecule has 0 aliphatic heterocycles. The van der Waals surface area contributed by atoms with Crippen molar-refractivity contribution in [3.8, 4) is 0 Å². The highest BCUT2D eigenvalue weighted by Gasteiger charge is 2.32. The van der Waals surface area contributed by atoms with E-state index in [0.29, 0.717) is 25.0 Å². The number of aliphatic hydroxyl groups excluding tert-OH is 1. The van der Waals surface area contributed by atoms with Gasteiger partial charge in [0.2, 0.25) is 0 Å². The minimum Gasteiger partial charge on any atom is -0.389 e. The van der Waals surface area contributed by atoms with Gasteiger partial charge in [-0.05, 0) is 44.4 Å². The molecule has 1 aliphatic rings. The molecule has 0 amide bonds. The zero-order valence-electron chi connectivity index (χ0n) is 18.2. The van der Waals surface area contributed by atoms with Gasteiger partial charge in [0.1, 0.15) is 12.4 Å². The Morgan fingerprint density at radius 2 is 2.00 bits per heavy atom. The third kappa shape index (κ3) is 10.2. The molecular formula is C25H40O4. The Morgan fingerprint density at radius 1 is 1.21 bits per heavy atom. The van der Waals surface area contributed by atoms with Gasteiger partial charge in [-0.1, -0.05) is 63.0 Å². The highest BCUT2D eigenvalue weighted by atomic mass is 16.3. The fraction of sp³-hybridized carbons (Fsp3) is 0.680. The number of hydrogen-bond donors (Lipinski definition) is 2. The van der Waals surface area contributed by atoms with Crippen molar-refractivity contribution >= 4 is 11.6 Å². The first-order valence-corrected chi connectivity index (χ1v) is 11.3. The average Bonchev–Trinajstić information content (AvgIpc) is 3.07. The van der Waals surface area contributed by atoms with Crippen molar-refractivity contribution in [2.75, 3.05) is 6.61 Å². The van der Waals surface area contributed by atoms with Gasteiger partial charge in [0.05, 0.1) is 5.60 Å². The molecule has 1 rings (SSSR count). The summed E-state index contributed by atoms with van der Waals surface area (Å²) in [5.41, 5.74) is -0.853. The summed E-state index contributed by atoms with van der Waals surface area (Å²) < 4.78 is 0. The maximum atomic E-state index is 12.2. The smallest absolute Gasteiger partial charge is 0.158 e. The summed E-state index contributed by atoms with van der Waals surface area (Å²) in [6, 6.07) is 0. The first kappa shape index (κ1) is 25.5. The number of aliphatic hydroxyl groups is 2. The quantitative estimate of drug-likeness (QED) is 0.277. The fourth-order valence-corrected chi connectivity index (χ4v) is 3.92. The van der Waals surface area contributed by atoms with Crippen LogP contribution in [0, 0.1) is 11.8 Å². The minimum absolute atomic E-state index is 0.0166. The lowest BCUT2D eigenvalue weighted by Gasteiger charge is -2.23. The van der Waals surface area contributed by atoms with Crippen LogP contribution >= 0.6 is 0 Å². The van der Waals surface area contributed by atoms with Crippen LogP contribution in [0.2, 0.25) is 0 Å². The van der Waals surface area contributed by atoms with Crippen molar-refractivity contribution in [3.05, 3.63) is 37.0 Å². The van der Waals surface area contributed by atoms with E-state index < -0.39 is 5.60 Å². The van der Waals surface area contributed by atoms with E-state index in [1.807, 2.05) is 18.2 Å². The summed E-state index contributed by atoms with van der Waals surface area (Å²) in [5.74, 6) is 0.443. The van der Waals surface area contributed by atoms with Crippen molar-refractivity contribution in [2.45, 2.75) is 89.6 Å². The van der Waals surface area contributed by atoms with E-state index in [1.165, 1.54) is 12.8 Å². The molecule has 1 fully saturated rings. The Hall–Kier alpha value is -1.52. The molecule has 4 nitrogen and oxygen atoms in total. The molecule has 0 saturated heterocycles. The molecule has 4 heteroatoms. The van der Waals surface area contributed by atoms with E-state index in [9.17, 15) is 14.7 Å². The number of carbonyl (C=O) groups is 2. The molecule has 0 bridgehead atoms. The third-order valence-electron chi connectivity index (χ3n) is 5.91. The molecule has 2 N–H and O–H groups in total. The normalized spacial score (nSPS) is 21.8. The SMILES string of the molecule is C=CC(O)(C/C=C/[C@H]1CCC(=O)[C@@H]1C/C=C\CCCC(=O)CO)CCCCCC. The molecule has 1 saturated carbocycles. The minimum atomic E-state index is -0.853. The van der Waals surface area contributed by atoms with Crippen molar-refractivity contribution < 1.29 is 19.8 Å². The van der Waals surface area contributed by atoms with Crippen LogP contribution in [0.15, 0.2) is 37.0 Å². The zero-order chi connectivity index (χ0) is 21.5. The van der Waals surface area contributed by atoms with E-state index in [0.717, 1.165) is 44.9 Å². The van der Waals surface area contributed by atoms with Gasteiger partial charge in [0.15, 0.2) is 5.78 Å². The summed E-state index contributed by atoms with van der Waals surface area (Å²) in [7, 11) is 0. The summed E-state index contributed by atoms with van der Waals surface area (Å²) in [6.45, 7) is 5.60. The van der Waals surface area contributed by atoms with E-state index in [1.54, 1.807) is 6.08 Å². The van der Waals surface area contributed by atoms with Crippen LogP contribution in [-0.2, 0) is 9.59 Å². The zero-order valence-corrected chi connectivity index (χ0v) is 18.2. The highest BCUT2D eigenvalue weighted by Crippen LogP contribution is 2.33. The number of rotatable bonds is 16. The molecule has 0 aromatic carbocycles. The van der Waals surface area contributed by atoms with Gasteiger partial charge in [-0.15, -0.1) is 6.58 Å². The molecule has 0 spiro atoms. The average molecular weight is 405 g/mol. The van der Waals surface area contributed by atoms with Gasteiger partial charge >= 0.3 is 0 Å². The lowest BCUT2D eigenvalue weighted by atomic mass is 9.89. The number of carbonyl (C=O) groups excluding carboxylic acids is 2. The maximum Gasteiger partial charge on any atom is 0.158 e. The second-order valence-electron chi connectivity index (χ2n) is 8.32. The molecule has 0 aromatic rings. The number of unbranched alkanes of at least 4 members (excludes halogenated alkanes) is 4. The topological polar surface area (TPSA) is 74.6 Å². The van der Waals surface area contributed by atoms with Crippen LogP contribution in [0.3, 0.4) is 0 Å². The molecule has 0 radical (unpaired) electrons. The van der Waals surface area contributed by atoms with Gasteiger partial charge in [0.25, 0.3) is 0 Å². The van der Waals surface area contributed by atoms with Crippen LogP contribution < -0.4 is 0 Å². The van der Waals surface area contributed by atoms with E-state index >= 15 is 0 Å². The summed E-state index contributed by atoms with van der Waals surface area (Å²) in [5, 5.41) is 19.4. The summed E-state index contributed by atoms with van der Waals surface area (Å²) in [4.78, 5) is 23.3. The Bertz CT molecular complexity index is 563. The maximum absolute atomic E-state index is 12.2. The van der Waals surface area contributed by atoms with Crippen molar-refractivity contribution in [1.82, 2.24) is 0 Å². The van der Waals surface area contributed by atoms with Crippen LogP contribution in [0.1, 0.15) is 84.0 Å². The standard InChI is InChI=1S/C25H40O4/c1-3-5-6-11-18-25(29,4-2)19-12-13-21-16-17-24(28)23(21)15-10-8-7-9-14-22(27)20-26/h4,8,10,12-13,21,23,26,29H,2-3,5-7,9,11,14-20H2,1H3/b10-8-,13-12+/t21-,23+,25?/m0/s1. The van der Waals surface area contributed by atoms with E-state index in [2.05, 4.69) is 19.6 Å². The molecule has 0 heterocycles. The molecular weight excluding hydrogens is 364 g/mol. The van der Waals surface area contributed by atoms with Crippen molar-refractivity contribution in [1.29, 1.82) is 0 Å². The highest BCUT2D eigenvalue weighted by molar-refractivity contribution is 5.83. The first-order chi connectivity index (χ1) is 14.0. The molecule has 1 aliphatic carbocycles. The van der Waals surface area contributed by atoms with Crippen molar-refractivity contribution in [3.63, 3.8) is 0 Å². The lowest BCUT2D eigenvalue weighted by molar-refractivity contribution is -0.122. The Labute approximate surface area is 176 Å². The van der Waals surface area contributed by atoms with Crippen LogP contribution in [0.4, 0.5) is 0 Å². The van der Waals surface area contributed by atoms with Gasteiger partial charge < -0.3 is 10.2 Å². The van der Waals surface area contributed by atoms with Crippen molar-refractivity contribution in [2.24, 2.45) is 11.8 Å². The van der Waals surface area contributed by atoms with Crippen LogP contribution in [0.25, 0.3) is 0 Å². The van der Waals surface area contributed by atoms with E-state index in [-0.39, 0.29) is 24.2 Å². The number of Topliss-reactive ketones (excluding diaryl/α,β-unsaturated/α-hetero) is 2. The fourth-order valence-electron chi connectivity index (χ4n) is 3.92. The summed E-state index contributed by atoms with van der Waals surface area (Å²) in [6.07, 6.45) is 19.8. The van der Waals surface area contributed by atoms with Gasteiger partial charge in [0, 0.05) is 18.8 Å². The molecule has 29 heavy (non-hydrogen) atoms. The number of ketones is 2. The number of hydrogen-bond acceptors (Lipinski definition) is 4. The summed E-state index contributed by atoms with van der Waals surface area (Å²) >= 11 is 0. The Kier molecular flexibility index (Phi) is 12.7. The van der Waals surface area contributed by atoms with Gasteiger partial charge in [-0.25, -0.2) is 0 Å². The monoisotopic (exact) mass is 404 g/mol. The number of allylic oxidation sites excluding steroid dienone is 3.